The fourth-order valence-corrected chi connectivity index (χ4v) is 2.89. The quantitative estimate of drug-likeness (QED) is 0.689. The Morgan fingerprint density at radius 2 is 1.83 bits per heavy atom. The Kier molecular flexibility index (Phi) is 6.61. The van der Waals surface area contributed by atoms with Gasteiger partial charge >= 0.3 is 0 Å². The Bertz CT molecular complexity index is 221. The summed E-state index contributed by atoms with van der Waals surface area (Å²) in [5.41, 5.74) is -0.751. The van der Waals surface area contributed by atoms with Crippen LogP contribution in [-0.2, 0) is 4.74 Å². The van der Waals surface area contributed by atoms with E-state index in [4.69, 9.17) is 4.74 Å². The lowest BCUT2D eigenvalue weighted by Crippen LogP contribution is -2.43. The van der Waals surface area contributed by atoms with Gasteiger partial charge in [-0.25, -0.2) is 0 Å². The molecule has 0 aromatic heterocycles. The minimum absolute atomic E-state index is 0.335. The molecule has 0 bridgehead atoms. The standard InChI is InChI=1S/C15H31NO2/c1-5-6-16-10-15(4,17)11-18-14-8-12(2)7-13(3)9-14/h12-14,16-17H,5-11H2,1-4H3. The summed E-state index contributed by atoms with van der Waals surface area (Å²) in [5, 5.41) is 13.5. The smallest absolute Gasteiger partial charge is 0.0975 e. The maximum Gasteiger partial charge on any atom is 0.0975 e. The van der Waals surface area contributed by atoms with Crippen molar-refractivity contribution in [2.24, 2.45) is 11.8 Å². The van der Waals surface area contributed by atoms with Crippen LogP contribution in [0, 0.1) is 11.8 Å². The van der Waals surface area contributed by atoms with Crippen molar-refractivity contribution in [3.05, 3.63) is 0 Å². The van der Waals surface area contributed by atoms with Crippen LogP contribution >= 0.6 is 0 Å². The van der Waals surface area contributed by atoms with Gasteiger partial charge in [0.05, 0.1) is 18.3 Å². The average molecular weight is 257 g/mol. The molecule has 1 aliphatic carbocycles. The maximum absolute atomic E-state index is 10.2. The van der Waals surface area contributed by atoms with Gasteiger partial charge in [-0.2, -0.15) is 0 Å². The number of rotatable bonds is 7. The van der Waals surface area contributed by atoms with Crippen molar-refractivity contribution in [3.63, 3.8) is 0 Å². The largest absolute Gasteiger partial charge is 0.386 e. The first-order valence-corrected chi connectivity index (χ1v) is 7.47. The van der Waals surface area contributed by atoms with Gasteiger partial charge < -0.3 is 15.2 Å². The summed E-state index contributed by atoms with van der Waals surface area (Å²) in [7, 11) is 0. The number of hydrogen-bond donors (Lipinski definition) is 2. The zero-order valence-corrected chi connectivity index (χ0v) is 12.5. The van der Waals surface area contributed by atoms with E-state index in [1.165, 1.54) is 6.42 Å². The van der Waals surface area contributed by atoms with Crippen molar-refractivity contribution in [3.8, 4) is 0 Å². The third-order valence-electron chi connectivity index (χ3n) is 3.70. The van der Waals surface area contributed by atoms with Crippen molar-refractivity contribution < 1.29 is 9.84 Å². The summed E-state index contributed by atoms with van der Waals surface area (Å²) in [6, 6.07) is 0. The first-order chi connectivity index (χ1) is 8.43. The predicted octanol–water partition coefficient (Wildman–Crippen LogP) is 2.58. The van der Waals surface area contributed by atoms with Crippen LogP contribution in [0.25, 0.3) is 0 Å². The normalized spacial score (nSPS) is 32.2. The lowest BCUT2D eigenvalue weighted by molar-refractivity contribution is -0.0802. The minimum Gasteiger partial charge on any atom is -0.386 e. The summed E-state index contributed by atoms with van der Waals surface area (Å²) in [6.45, 7) is 10.6. The molecule has 0 aromatic carbocycles. The highest BCUT2D eigenvalue weighted by Gasteiger charge is 2.27. The topological polar surface area (TPSA) is 41.5 Å². The van der Waals surface area contributed by atoms with Gasteiger partial charge in [0.25, 0.3) is 0 Å². The van der Waals surface area contributed by atoms with Crippen LogP contribution in [0.5, 0.6) is 0 Å². The highest BCUT2D eigenvalue weighted by Crippen LogP contribution is 2.30. The molecule has 3 heteroatoms. The average Bonchev–Trinajstić information content (AvgIpc) is 2.25. The molecule has 1 fully saturated rings. The van der Waals surface area contributed by atoms with E-state index in [0.29, 0.717) is 19.3 Å². The van der Waals surface area contributed by atoms with Gasteiger partial charge in [-0.05, 0) is 51.0 Å². The lowest BCUT2D eigenvalue weighted by atomic mass is 9.82. The van der Waals surface area contributed by atoms with Crippen molar-refractivity contribution in [1.82, 2.24) is 5.32 Å². The molecule has 1 aliphatic rings. The molecule has 0 aliphatic heterocycles. The van der Waals surface area contributed by atoms with Crippen molar-refractivity contribution in [1.29, 1.82) is 0 Å². The Morgan fingerprint density at radius 1 is 1.22 bits per heavy atom. The summed E-state index contributed by atoms with van der Waals surface area (Å²) in [4.78, 5) is 0. The van der Waals surface area contributed by atoms with E-state index in [1.54, 1.807) is 0 Å². The third kappa shape index (κ3) is 6.17. The van der Waals surface area contributed by atoms with Crippen LogP contribution in [0.15, 0.2) is 0 Å². The van der Waals surface area contributed by atoms with E-state index >= 15 is 0 Å². The molecule has 1 rings (SSSR count). The molecule has 0 aromatic rings. The Hall–Kier alpha value is -0.120. The van der Waals surface area contributed by atoms with Gasteiger partial charge in [0, 0.05) is 6.54 Å². The molecule has 1 saturated carbocycles. The van der Waals surface area contributed by atoms with Gasteiger partial charge in [0.15, 0.2) is 0 Å². The Morgan fingerprint density at radius 3 is 2.39 bits per heavy atom. The highest BCUT2D eigenvalue weighted by molar-refractivity contribution is 4.79. The fourth-order valence-electron chi connectivity index (χ4n) is 2.89. The zero-order chi connectivity index (χ0) is 13.6. The number of nitrogens with one attached hydrogen (secondary N) is 1. The lowest BCUT2D eigenvalue weighted by Gasteiger charge is -2.33. The van der Waals surface area contributed by atoms with Crippen molar-refractivity contribution in [2.45, 2.75) is 65.1 Å². The summed E-state index contributed by atoms with van der Waals surface area (Å²) < 4.78 is 5.93. The molecule has 108 valence electrons. The maximum atomic E-state index is 10.2. The van der Waals surface area contributed by atoms with E-state index in [2.05, 4.69) is 26.1 Å². The number of aliphatic hydroxyl groups is 1. The first kappa shape index (κ1) is 15.9. The molecule has 3 unspecified atom stereocenters. The Balaban J connectivity index is 2.25. The molecule has 2 N–H and O–H groups in total. The second kappa shape index (κ2) is 7.46. The molecule has 18 heavy (non-hydrogen) atoms. The van der Waals surface area contributed by atoms with E-state index in [9.17, 15) is 5.11 Å². The summed E-state index contributed by atoms with van der Waals surface area (Å²) >= 11 is 0. The summed E-state index contributed by atoms with van der Waals surface area (Å²) in [6.07, 6.45) is 5.02. The van der Waals surface area contributed by atoms with Crippen LogP contribution in [0.2, 0.25) is 0 Å². The van der Waals surface area contributed by atoms with E-state index in [1.807, 2.05) is 6.92 Å². The van der Waals surface area contributed by atoms with E-state index < -0.39 is 5.60 Å². The monoisotopic (exact) mass is 257 g/mol. The third-order valence-corrected chi connectivity index (χ3v) is 3.70. The van der Waals surface area contributed by atoms with Crippen LogP contribution < -0.4 is 5.32 Å². The zero-order valence-electron chi connectivity index (χ0n) is 12.5. The molecule has 0 radical (unpaired) electrons. The SMILES string of the molecule is CCCNCC(C)(O)COC1CC(C)CC(C)C1. The van der Waals surface area contributed by atoms with Crippen molar-refractivity contribution >= 4 is 0 Å². The molecule has 0 spiro atoms. The molecule has 3 atom stereocenters. The fraction of sp³-hybridized carbons (Fsp3) is 1.00. The highest BCUT2D eigenvalue weighted by atomic mass is 16.5. The summed E-state index contributed by atoms with van der Waals surface area (Å²) in [5.74, 6) is 1.50. The molecule has 0 heterocycles. The van der Waals surface area contributed by atoms with Gasteiger partial charge in [-0.3, -0.25) is 0 Å². The van der Waals surface area contributed by atoms with E-state index in [-0.39, 0.29) is 0 Å². The molecule has 0 saturated heterocycles. The second-order valence-electron chi connectivity index (χ2n) is 6.52. The van der Waals surface area contributed by atoms with Gasteiger partial charge in [0.2, 0.25) is 0 Å². The second-order valence-corrected chi connectivity index (χ2v) is 6.52. The molecule has 0 amide bonds. The molecular formula is C15H31NO2. The van der Waals surface area contributed by atoms with Crippen molar-refractivity contribution in [2.75, 3.05) is 19.7 Å². The van der Waals surface area contributed by atoms with Crippen LogP contribution in [0.3, 0.4) is 0 Å². The number of ether oxygens (including phenoxy) is 1. The predicted molar refractivity (Wildman–Crippen MR) is 75.7 cm³/mol. The van der Waals surface area contributed by atoms with Crippen LogP contribution in [0.1, 0.15) is 53.4 Å². The Labute approximate surface area is 112 Å². The number of hydrogen-bond acceptors (Lipinski definition) is 3. The van der Waals surface area contributed by atoms with Gasteiger partial charge in [0.1, 0.15) is 0 Å². The molecule has 3 nitrogen and oxygen atoms in total. The van der Waals surface area contributed by atoms with E-state index in [0.717, 1.165) is 37.6 Å². The molecular weight excluding hydrogens is 226 g/mol. The van der Waals surface area contributed by atoms with Crippen LogP contribution in [-0.4, -0.2) is 36.5 Å². The van der Waals surface area contributed by atoms with Gasteiger partial charge in [-0.15, -0.1) is 0 Å². The van der Waals surface area contributed by atoms with Gasteiger partial charge in [-0.1, -0.05) is 20.8 Å². The first-order valence-electron chi connectivity index (χ1n) is 7.47. The minimum atomic E-state index is -0.751. The van der Waals surface area contributed by atoms with Crippen LogP contribution in [0.4, 0.5) is 0 Å².